The lowest BCUT2D eigenvalue weighted by molar-refractivity contribution is 0.713. The average molecular weight is 281 g/mol. The normalized spacial score (nSPS) is 30.0. The van der Waals surface area contributed by atoms with Crippen molar-refractivity contribution in [1.82, 2.24) is 0 Å². The topological polar surface area (TPSA) is 0 Å². The van der Waals surface area contributed by atoms with Gasteiger partial charge in [0.15, 0.2) is 0 Å². The van der Waals surface area contributed by atoms with Gasteiger partial charge in [0, 0.05) is 0 Å². The molecule has 0 radical (unpaired) electrons. The van der Waals surface area contributed by atoms with Gasteiger partial charge in [-0.1, -0.05) is 0 Å². The highest BCUT2D eigenvalue weighted by Gasteiger charge is 2.39. The van der Waals surface area contributed by atoms with Crippen molar-refractivity contribution < 1.29 is 0 Å². The van der Waals surface area contributed by atoms with Crippen LogP contribution in [0.2, 0.25) is 0 Å². The minimum Gasteiger partial charge on any atom is -0.144 e. The molecule has 0 spiro atoms. The first-order valence-electron chi connectivity index (χ1n) is 5.68. The summed E-state index contributed by atoms with van der Waals surface area (Å²) in [5.41, 5.74) is 0. The summed E-state index contributed by atoms with van der Waals surface area (Å²) in [4.78, 5) is 0. The highest BCUT2D eigenvalue weighted by Crippen LogP contribution is 2.54. The van der Waals surface area contributed by atoms with Gasteiger partial charge in [-0.25, -0.2) is 0 Å². The first-order valence-corrected chi connectivity index (χ1v) is 9.62. The van der Waals surface area contributed by atoms with E-state index in [2.05, 4.69) is 60.9 Å². The molecule has 88 valence electrons. The van der Waals surface area contributed by atoms with Gasteiger partial charge in [0.2, 0.25) is 0 Å². The van der Waals surface area contributed by atoms with E-state index in [4.69, 9.17) is 0 Å². The molecule has 2 heterocycles. The smallest absolute Gasteiger partial charge is 0.0604 e. The molecule has 15 heavy (non-hydrogen) atoms. The Bertz CT molecular complexity index is 183. The van der Waals surface area contributed by atoms with Gasteiger partial charge < -0.3 is 0 Å². The van der Waals surface area contributed by atoms with Crippen LogP contribution < -0.4 is 0 Å². The molecule has 0 aromatic rings. The van der Waals surface area contributed by atoms with E-state index >= 15 is 0 Å². The summed E-state index contributed by atoms with van der Waals surface area (Å²) >= 11 is 8.78. The third kappa shape index (κ3) is 3.68. The van der Waals surface area contributed by atoms with Gasteiger partial charge in [0.1, 0.15) is 0 Å². The predicted molar refractivity (Wildman–Crippen MR) is 80.5 cm³/mol. The Morgan fingerprint density at radius 3 is 1.40 bits per heavy atom. The zero-order chi connectivity index (χ0) is 10.8. The van der Waals surface area contributed by atoms with E-state index in [9.17, 15) is 0 Å². The molecule has 0 N–H and O–H groups in total. The van der Waals surface area contributed by atoms with Gasteiger partial charge in [-0.3, -0.25) is 0 Å². The number of rotatable bonds is 2. The summed E-state index contributed by atoms with van der Waals surface area (Å²) < 4.78 is 0.981. The molecule has 2 fully saturated rings. The monoisotopic (exact) mass is 280 g/mol. The largest absolute Gasteiger partial charge is 0.144 e. The van der Waals surface area contributed by atoms with Crippen LogP contribution in [0.3, 0.4) is 0 Å². The third-order valence-electron chi connectivity index (χ3n) is 2.85. The fourth-order valence-corrected chi connectivity index (χ4v) is 8.98. The first kappa shape index (κ1) is 12.8. The maximum absolute atomic E-state index is 2.46. The molecule has 4 heteroatoms. The second kappa shape index (κ2) is 5.36. The van der Waals surface area contributed by atoms with Crippen molar-refractivity contribution in [2.45, 2.75) is 41.3 Å². The number of hydrogen-bond acceptors (Lipinski definition) is 4. The zero-order valence-corrected chi connectivity index (χ0v) is 12.8. The summed E-state index contributed by atoms with van der Waals surface area (Å²) in [5.74, 6) is 5.48. The molecular formula is C11H20S4. The lowest BCUT2D eigenvalue weighted by Gasteiger charge is -2.41. The lowest BCUT2D eigenvalue weighted by Crippen LogP contribution is -2.32. The lowest BCUT2D eigenvalue weighted by atomic mass is 10.2. The van der Waals surface area contributed by atoms with Gasteiger partial charge in [-0.15, -0.1) is 47.0 Å². The quantitative estimate of drug-likeness (QED) is 0.727. The Labute approximate surface area is 111 Å². The van der Waals surface area contributed by atoms with E-state index < -0.39 is 0 Å². The zero-order valence-electron chi connectivity index (χ0n) is 9.58. The minimum atomic E-state index is 0.490. The Hall–Kier alpha value is 1.40. The SMILES string of the molecule is CC1(CC2(C)SCCCS2)SCCCS1. The molecular weight excluding hydrogens is 260 g/mol. The second-order valence-corrected chi connectivity index (χ2v) is 11.5. The van der Waals surface area contributed by atoms with Crippen molar-refractivity contribution in [2.24, 2.45) is 0 Å². The van der Waals surface area contributed by atoms with Crippen LogP contribution in [-0.4, -0.2) is 31.2 Å². The van der Waals surface area contributed by atoms with Gasteiger partial charge in [0.25, 0.3) is 0 Å². The van der Waals surface area contributed by atoms with Gasteiger partial charge in [-0.2, -0.15) is 0 Å². The summed E-state index contributed by atoms with van der Waals surface area (Å²) in [6.45, 7) is 4.92. The van der Waals surface area contributed by atoms with E-state index in [0.717, 1.165) is 0 Å². The molecule has 0 atom stereocenters. The Kier molecular flexibility index (Phi) is 4.59. The molecule has 0 aromatic heterocycles. The van der Waals surface area contributed by atoms with Crippen molar-refractivity contribution in [1.29, 1.82) is 0 Å². The summed E-state index contributed by atoms with van der Waals surface area (Å²) in [5, 5.41) is 0. The van der Waals surface area contributed by atoms with Crippen LogP contribution in [0.15, 0.2) is 0 Å². The van der Waals surface area contributed by atoms with Crippen LogP contribution in [0, 0.1) is 0 Å². The first-order chi connectivity index (χ1) is 7.12. The van der Waals surface area contributed by atoms with Crippen LogP contribution in [0.5, 0.6) is 0 Å². The van der Waals surface area contributed by atoms with E-state index in [0.29, 0.717) is 8.16 Å². The Morgan fingerprint density at radius 1 is 0.733 bits per heavy atom. The van der Waals surface area contributed by atoms with Crippen molar-refractivity contribution in [3.63, 3.8) is 0 Å². The van der Waals surface area contributed by atoms with Crippen LogP contribution in [-0.2, 0) is 0 Å². The van der Waals surface area contributed by atoms with Gasteiger partial charge >= 0.3 is 0 Å². The highest BCUT2D eigenvalue weighted by atomic mass is 32.2. The van der Waals surface area contributed by atoms with Crippen LogP contribution in [0.1, 0.15) is 33.1 Å². The average Bonchev–Trinajstić information content (AvgIpc) is 2.18. The van der Waals surface area contributed by atoms with Crippen molar-refractivity contribution >= 4 is 47.0 Å². The van der Waals surface area contributed by atoms with E-state index in [1.54, 1.807) is 0 Å². The maximum atomic E-state index is 2.46. The fraction of sp³-hybridized carbons (Fsp3) is 1.00. The standard InChI is InChI=1S/C11H20S4/c1-10(12-5-3-6-13-10)9-11(2)14-7-4-8-15-11/h3-9H2,1-2H3. The summed E-state index contributed by atoms with van der Waals surface area (Å²) in [6.07, 6.45) is 4.18. The number of thioether (sulfide) groups is 4. The Morgan fingerprint density at radius 2 is 1.07 bits per heavy atom. The number of hydrogen-bond donors (Lipinski definition) is 0. The summed E-state index contributed by atoms with van der Waals surface area (Å²) in [7, 11) is 0. The predicted octanol–water partition coefficient (Wildman–Crippen LogP) is 4.55. The maximum Gasteiger partial charge on any atom is 0.0604 e. The molecule has 0 amide bonds. The van der Waals surface area contributed by atoms with Crippen molar-refractivity contribution in [2.75, 3.05) is 23.0 Å². The molecule has 0 nitrogen and oxygen atoms in total. The Balaban J connectivity index is 1.93. The van der Waals surface area contributed by atoms with E-state index in [1.807, 2.05) is 0 Å². The molecule has 2 saturated heterocycles. The summed E-state index contributed by atoms with van der Waals surface area (Å²) in [6, 6.07) is 0. The van der Waals surface area contributed by atoms with Crippen LogP contribution in [0.4, 0.5) is 0 Å². The third-order valence-corrected chi connectivity index (χ3v) is 9.25. The molecule has 0 bridgehead atoms. The van der Waals surface area contributed by atoms with Crippen LogP contribution in [0.25, 0.3) is 0 Å². The molecule has 0 aliphatic carbocycles. The second-order valence-electron chi connectivity index (χ2n) is 4.55. The molecule has 0 unspecified atom stereocenters. The molecule has 2 aliphatic rings. The molecule has 2 rings (SSSR count). The van der Waals surface area contributed by atoms with Crippen molar-refractivity contribution in [3.8, 4) is 0 Å². The van der Waals surface area contributed by atoms with E-state index in [-0.39, 0.29) is 0 Å². The molecule has 0 saturated carbocycles. The fourth-order valence-electron chi connectivity index (χ4n) is 2.14. The molecule has 2 aliphatic heterocycles. The molecule has 0 aromatic carbocycles. The van der Waals surface area contributed by atoms with E-state index in [1.165, 1.54) is 42.3 Å². The van der Waals surface area contributed by atoms with Crippen LogP contribution >= 0.6 is 47.0 Å². The highest BCUT2D eigenvalue weighted by molar-refractivity contribution is 8.20. The van der Waals surface area contributed by atoms with Gasteiger partial charge in [-0.05, 0) is 56.1 Å². The van der Waals surface area contributed by atoms with Crippen molar-refractivity contribution in [3.05, 3.63) is 0 Å². The van der Waals surface area contributed by atoms with Gasteiger partial charge in [0.05, 0.1) is 8.16 Å². The minimum absolute atomic E-state index is 0.490.